The highest BCUT2D eigenvalue weighted by molar-refractivity contribution is 6.00. The van der Waals surface area contributed by atoms with Crippen molar-refractivity contribution < 1.29 is 22.7 Å². The molecule has 0 bridgehead atoms. The van der Waals surface area contributed by atoms with E-state index in [1.54, 1.807) is 17.0 Å². The minimum atomic E-state index is -2.90. The number of rotatable bonds is 5. The van der Waals surface area contributed by atoms with Crippen molar-refractivity contribution in [2.24, 2.45) is 0 Å². The molecule has 5 rings (SSSR count). The molecule has 0 spiro atoms. The van der Waals surface area contributed by atoms with Gasteiger partial charge in [-0.05, 0) is 55.5 Å². The quantitative estimate of drug-likeness (QED) is 0.324. The van der Waals surface area contributed by atoms with Crippen LogP contribution in [-0.4, -0.2) is 53.4 Å². The van der Waals surface area contributed by atoms with Gasteiger partial charge < -0.3 is 19.9 Å². The number of nitrogens with one attached hydrogen (secondary N) is 1. The molecular formula is C27H25ClF3N5O2. The number of piperazine rings is 1. The fourth-order valence-electron chi connectivity index (χ4n) is 4.51. The lowest BCUT2D eigenvalue weighted by atomic mass is 10.0. The second kappa shape index (κ2) is 11.6. The molecule has 1 N–H and O–H groups in total. The number of hydrogen-bond donors (Lipinski definition) is 1. The summed E-state index contributed by atoms with van der Waals surface area (Å²) < 4.78 is 42.5. The van der Waals surface area contributed by atoms with Crippen LogP contribution >= 0.6 is 12.4 Å². The van der Waals surface area contributed by atoms with Crippen LogP contribution in [0.25, 0.3) is 22.0 Å². The van der Waals surface area contributed by atoms with E-state index in [1.807, 2.05) is 31.2 Å². The highest BCUT2D eigenvalue weighted by atomic mass is 35.5. The Hall–Kier alpha value is -4.05. The summed E-state index contributed by atoms with van der Waals surface area (Å²) in [7, 11) is 0. The molecule has 1 aliphatic rings. The van der Waals surface area contributed by atoms with Crippen LogP contribution in [0.4, 0.5) is 29.5 Å². The second-order valence-electron chi connectivity index (χ2n) is 8.75. The van der Waals surface area contributed by atoms with E-state index in [0.717, 1.165) is 22.2 Å². The number of anilines is 2. The zero-order chi connectivity index (χ0) is 25.9. The summed E-state index contributed by atoms with van der Waals surface area (Å²) in [6.45, 7) is 0.596. The summed E-state index contributed by atoms with van der Waals surface area (Å²) in [4.78, 5) is 16.7. The first-order valence-corrected chi connectivity index (χ1v) is 11.8. The summed E-state index contributed by atoms with van der Waals surface area (Å²) in [5.41, 5.74) is 1.94. The maximum absolute atomic E-state index is 13.4. The molecule has 1 aromatic heterocycles. The Bertz CT molecular complexity index is 1410. The number of alkyl halides is 2. The molecular weight excluding hydrogens is 519 g/mol. The normalized spacial score (nSPS) is 15.3. The summed E-state index contributed by atoms with van der Waals surface area (Å²) >= 11 is 0. The lowest BCUT2D eigenvalue weighted by Crippen LogP contribution is -2.55. The minimum Gasteiger partial charge on any atom is -0.435 e. The van der Waals surface area contributed by atoms with Crippen LogP contribution in [0.2, 0.25) is 0 Å². The van der Waals surface area contributed by atoms with Gasteiger partial charge in [0.15, 0.2) is 5.82 Å². The Morgan fingerprint density at radius 1 is 0.974 bits per heavy atom. The second-order valence-corrected chi connectivity index (χ2v) is 8.75. The average molecular weight is 544 g/mol. The van der Waals surface area contributed by atoms with Crippen LogP contribution in [0.1, 0.15) is 6.92 Å². The molecule has 11 heteroatoms. The molecule has 2 heterocycles. The lowest BCUT2D eigenvalue weighted by Gasteiger charge is -2.40. The predicted octanol–water partition coefficient (Wildman–Crippen LogP) is 6.20. The molecule has 198 valence electrons. The monoisotopic (exact) mass is 543 g/mol. The first-order valence-electron chi connectivity index (χ1n) is 11.8. The topological polar surface area (TPSA) is 70.6 Å². The van der Waals surface area contributed by atoms with E-state index in [0.29, 0.717) is 31.0 Å². The summed E-state index contributed by atoms with van der Waals surface area (Å²) in [5, 5.41) is 13.6. The highest BCUT2D eigenvalue weighted by Gasteiger charge is 2.29. The number of hydrogen-bond acceptors (Lipinski definition) is 5. The fourth-order valence-corrected chi connectivity index (χ4v) is 4.51. The third-order valence-corrected chi connectivity index (χ3v) is 6.30. The van der Waals surface area contributed by atoms with Gasteiger partial charge in [-0.3, -0.25) is 0 Å². The summed E-state index contributed by atoms with van der Waals surface area (Å²) in [6.07, 6.45) is 0. The van der Waals surface area contributed by atoms with Gasteiger partial charge >= 0.3 is 12.6 Å². The summed E-state index contributed by atoms with van der Waals surface area (Å²) in [5.74, 6) is 0.433. The molecule has 1 aliphatic heterocycles. The Morgan fingerprint density at radius 3 is 2.32 bits per heavy atom. The Kier molecular flexibility index (Phi) is 8.21. The van der Waals surface area contributed by atoms with Gasteiger partial charge in [0.1, 0.15) is 17.3 Å². The number of carbonyl (C=O) groups is 1. The number of ether oxygens (including phenoxy) is 1. The van der Waals surface area contributed by atoms with E-state index in [9.17, 15) is 18.0 Å². The Morgan fingerprint density at radius 2 is 1.66 bits per heavy atom. The maximum atomic E-state index is 13.4. The van der Waals surface area contributed by atoms with Gasteiger partial charge in [0.05, 0.1) is 0 Å². The number of halogens is 4. The molecule has 0 radical (unpaired) electrons. The van der Waals surface area contributed by atoms with Gasteiger partial charge in [0.2, 0.25) is 0 Å². The lowest BCUT2D eigenvalue weighted by molar-refractivity contribution is -0.0498. The molecule has 1 fully saturated rings. The van der Waals surface area contributed by atoms with Gasteiger partial charge in [0.25, 0.3) is 0 Å². The SMILES string of the molecule is C[C@H]1CN(c2nnc(-c3ccc(F)cc3)c3ccccc23)CCN1C(=O)Nc1ccc(OC(F)F)cc1.Cl. The van der Waals surface area contributed by atoms with Gasteiger partial charge in [0, 0.05) is 47.7 Å². The van der Waals surface area contributed by atoms with E-state index in [1.165, 1.54) is 36.4 Å². The van der Waals surface area contributed by atoms with E-state index in [-0.39, 0.29) is 36.0 Å². The van der Waals surface area contributed by atoms with Gasteiger partial charge in [-0.25, -0.2) is 9.18 Å². The van der Waals surface area contributed by atoms with Crippen LogP contribution in [0.5, 0.6) is 5.75 Å². The van der Waals surface area contributed by atoms with Crippen molar-refractivity contribution in [3.8, 4) is 17.0 Å². The van der Waals surface area contributed by atoms with Gasteiger partial charge in [-0.15, -0.1) is 22.6 Å². The molecule has 2 amide bonds. The number of nitrogens with zero attached hydrogens (tertiary/aromatic N) is 4. The molecule has 0 aliphatic carbocycles. The third kappa shape index (κ3) is 5.75. The summed E-state index contributed by atoms with van der Waals surface area (Å²) in [6, 6.07) is 19.4. The van der Waals surface area contributed by atoms with Crippen molar-refractivity contribution in [2.45, 2.75) is 19.6 Å². The number of amides is 2. The van der Waals surface area contributed by atoms with Gasteiger partial charge in [-0.2, -0.15) is 8.78 Å². The number of fused-ring (bicyclic) bond motifs is 1. The van der Waals surface area contributed by atoms with E-state index < -0.39 is 6.61 Å². The van der Waals surface area contributed by atoms with E-state index in [4.69, 9.17) is 0 Å². The standard InChI is InChI=1S/C27H24F3N5O2.ClH/c1-17-16-34(14-15-35(17)27(36)31-20-10-12-21(13-11-20)37-26(29)30)25-23-5-3-2-4-22(23)24(32-33-25)18-6-8-19(28)9-7-18;/h2-13,17,26H,14-16H2,1H3,(H,31,36);1H/t17-;/m0./s1. The van der Waals surface area contributed by atoms with Crippen LogP contribution < -0.4 is 15.0 Å². The van der Waals surface area contributed by atoms with Crippen molar-refractivity contribution in [1.82, 2.24) is 15.1 Å². The van der Waals surface area contributed by atoms with E-state index in [2.05, 4.69) is 25.2 Å². The molecule has 1 saturated heterocycles. The number of urea groups is 1. The zero-order valence-electron chi connectivity index (χ0n) is 20.4. The Balaban J connectivity index is 0.00000336. The van der Waals surface area contributed by atoms with Gasteiger partial charge in [-0.1, -0.05) is 24.3 Å². The number of carbonyl (C=O) groups excluding carboxylic acids is 1. The van der Waals surface area contributed by atoms with Crippen LogP contribution in [0.15, 0.2) is 72.8 Å². The van der Waals surface area contributed by atoms with Crippen LogP contribution in [-0.2, 0) is 0 Å². The van der Waals surface area contributed by atoms with Crippen molar-refractivity contribution >= 4 is 40.7 Å². The van der Waals surface area contributed by atoms with Crippen molar-refractivity contribution in [2.75, 3.05) is 29.9 Å². The molecule has 3 aromatic carbocycles. The first kappa shape index (κ1) is 27.0. The molecule has 1 atom stereocenters. The Labute approximate surface area is 223 Å². The molecule has 7 nitrogen and oxygen atoms in total. The molecule has 0 saturated carbocycles. The maximum Gasteiger partial charge on any atom is 0.387 e. The third-order valence-electron chi connectivity index (χ3n) is 6.30. The predicted molar refractivity (Wildman–Crippen MR) is 143 cm³/mol. The van der Waals surface area contributed by atoms with Crippen molar-refractivity contribution in [1.29, 1.82) is 0 Å². The number of benzene rings is 3. The van der Waals surface area contributed by atoms with Crippen molar-refractivity contribution in [3.63, 3.8) is 0 Å². The van der Waals surface area contributed by atoms with Crippen LogP contribution in [0, 0.1) is 5.82 Å². The largest absolute Gasteiger partial charge is 0.435 e. The smallest absolute Gasteiger partial charge is 0.387 e. The minimum absolute atomic E-state index is 0. The number of aromatic nitrogens is 2. The average Bonchev–Trinajstić information content (AvgIpc) is 2.89. The zero-order valence-corrected chi connectivity index (χ0v) is 21.2. The molecule has 38 heavy (non-hydrogen) atoms. The van der Waals surface area contributed by atoms with Crippen LogP contribution in [0.3, 0.4) is 0 Å². The van der Waals surface area contributed by atoms with E-state index >= 15 is 0 Å². The van der Waals surface area contributed by atoms with Crippen molar-refractivity contribution in [3.05, 3.63) is 78.6 Å². The first-order chi connectivity index (χ1) is 17.9. The molecule has 0 unspecified atom stereocenters. The highest BCUT2D eigenvalue weighted by Crippen LogP contribution is 2.32. The molecule has 4 aromatic rings. The fraction of sp³-hybridized carbons (Fsp3) is 0.222.